The van der Waals surface area contributed by atoms with E-state index < -0.39 is 0 Å². The minimum Gasteiger partial charge on any atom is -0.389 e. The summed E-state index contributed by atoms with van der Waals surface area (Å²) in [5.41, 5.74) is 7.44. The summed E-state index contributed by atoms with van der Waals surface area (Å²) < 4.78 is 13.6. The van der Waals surface area contributed by atoms with Crippen LogP contribution in [0.5, 0.6) is 0 Å². The average molecular weight is 310 g/mol. The van der Waals surface area contributed by atoms with Crippen molar-refractivity contribution in [3.05, 3.63) is 35.1 Å². The smallest absolute Gasteiger partial charge is 0.123 e. The van der Waals surface area contributed by atoms with Crippen LogP contribution in [0.1, 0.15) is 51.7 Å². The number of hydrogen-bond acceptors (Lipinski definition) is 2. The molecule has 0 spiro atoms. The van der Waals surface area contributed by atoms with E-state index in [4.69, 9.17) is 18.0 Å². The number of thiocarbonyl (C=S) groups is 1. The van der Waals surface area contributed by atoms with Crippen molar-refractivity contribution in [1.82, 2.24) is 4.90 Å². The maximum absolute atomic E-state index is 13.6. The zero-order valence-electron chi connectivity index (χ0n) is 13.5. The number of nitrogens with two attached hydrogens (primary N) is 1. The lowest BCUT2D eigenvalue weighted by Gasteiger charge is -2.32. The van der Waals surface area contributed by atoms with Crippen LogP contribution in [0.15, 0.2) is 18.2 Å². The minimum absolute atomic E-state index is 0.237. The third kappa shape index (κ3) is 5.36. The summed E-state index contributed by atoms with van der Waals surface area (Å²) in [6.45, 7) is 10.5. The highest BCUT2D eigenvalue weighted by molar-refractivity contribution is 7.80. The van der Waals surface area contributed by atoms with E-state index in [-0.39, 0.29) is 5.82 Å². The molecule has 0 heterocycles. The molecule has 0 bridgehead atoms. The van der Waals surface area contributed by atoms with Crippen molar-refractivity contribution in [2.45, 2.75) is 53.1 Å². The summed E-state index contributed by atoms with van der Waals surface area (Å²) in [5.74, 6) is 0.325. The molecular weight excluding hydrogens is 283 g/mol. The summed E-state index contributed by atoms with van der Waals surface area (Å²) >= 11 is 5.09. The zero-order valence-corrected chi connectivity index (χ0v) is 14.3. The molecule has 0 aliphatic heterocycles. The van der Waals surface area contributed by atoms with Gasteiger partial charge in [0.25, 0.3) is 0 Å². The number of hydrogen-bond donors (Lipinski definition) is 1. The SMILES string of the molecule is CCC(CC)N(Cc1cc(F)ccc1C(N)=S)CC(C)C. The molecule has 118 valence electrons. The number of rotatable bonds is 8. The number of nitrogens with zero attached hydrogens (tertiary/aromatic N) is 1. The Labute approximate surface area is 133 Å². The summed E-state index contributed by atoms with van der Waals surface area (Å²) in [7, 11) is 0. The Morgan fingerprint density at radius 3 is 2.38 bits per heavy atom. The van der Waals surface area contributed by atoms with E-state index in [9.17, 15) is 4.39 Å². The third-order valence-electron chi connectivity index (χ3n) is 3.76. The van der Waals surface area contributed by atoms with Gasteiger partial charge in [-0.2, -0.15) is 0 Å². The van der Waals surface area contributed by atoms with E-state index in [1.54, 1.807) is 12.1 Å². The molecule has 2 N–H and O–H groups in total. The molecule has 1 rings (SSSR count). The van der Waals surface area contributed by atoms with Crippen molar-refractivity contribution in [2.75, 3.05) is 6.54 Å². The maximum Gasteiger partial charge on any atom is 0.123 e. The molecule has 0 radical (unpaired) electrons. The van der Waals surface area contributed by atoms with Crippen molar-refractivity contribution < 1.29 is 4.39 Å². The minimum atomic E-state index is -0.237. The molecule has 0 aliphatic rings. The fraction of sp³-hybridized carbons (Fsp3) is 0.588. The van der Waals surface area contributed by atoms with Gasteiger partial charge >= 0.3 is 0 Å². The van der Waals surface area contributed by atoms with Gasteiger partial charge in [-0.25, -0.2) is 4.39 Å². The molecular formula is C17H27FN2S. The Balaban J connectivity index is 3.07. The lowest BCUT2D eigenvalue weighted by Crippen LogP contribution is -2.37. The highest BCUT2D eigenvalue weighted by atomic mass is 32.1. The topological polar surface area (TPSA) is 29.3 Å². The van der Waals surface area contributed by atoms with Crippen LogP contribution in [-0.2, 0) is 6.54 Å². The van der Waals surface area contributed by atoms with Crippen molar-refractivity contribution in [2.24, 2.45) is 11.7 Å². The quantitative estimate of drug-likeness (QED) is 0.733. The van der Waals surface area contributed by atoms with Gasteiger partial charge < -0.3 is 5.73 Å². The van der Waals surface area contributed by atoms with Crippen LogP contribution in [0.25, 0.3) is 0 Å². The predicted octanol–water partition coefficient (Wildman–Crippen LogP) is 4.11. The van der Waals surface area contributed by atoms with Crippen LogP contribution in [0.2, 0.25) is 0 Å². The molecule has 0 saturated carbocycles. The van der Waals surface area contributed by atoms with E-state index in [0.29, 0.717) is 23.5 Å². The standard InChI is InChI=1S/C17H27FN2S/c1-5-15(6-2)20(10-12(3)4)11-13-9-14(18)7-8-16(13)17(19)21/h7-9,12,15H,5-6,10-11H2,1-4H3,(H2,19,21). The lowest BCUT2D eigenvalue weighted by atomic mass is 10.0. The Bertz CT molecular complexity index is 470. The van der Waals surface area contributed by atoms with E-state index in [0.717, 1.165) is 30.5 Å². The van der Waals surface area contributed by atoms with Crippen molar-refractivity contribution in [1.29, 1.82) is 0 Å². The largest absolute Gasteiger partial charge is 0.389 e. The molecule has 0 aliphatic carbocycles. The Morgan fingerprint density at radius 1 is 1.29 bits per heavy atom. The molecule has 1 aromatic carbocycles. The Morgan fingerprint density at radius 2 is 1.90 bits per heavy atom. The van der Waals surface area contributed by atoms with Gasteiger partial charge in [0.15, 0.2) is 0 Å². The molecule has 0 saturated heterocycles. The molecule has 1 aromatic rings. The Kier molecular flexibility index (Phi) is 7.26. The number of halogens is 1. The van der Waals surface area contributed by atoms with Crippen molar-refractivity contribution >= 4 is 17.2 Å². The van der Waals surface area contributed by atoms with E-state index in [2.05, 4.69) is 32.6 Å². The molecule has 0 fully saturated rings. The van der Waals surface area contributed by atoms with Gasteiger partial charge in [-0.05, 0) is 42.5 Å². The summed E-state index contributed by atoms with van der Waals surface area (Å²) in [4.78, 5) is 2.75. The van der Waals surface area contributed by atoms with E-state index >= 15 is 0 Å². The fourth-order valence-electron chi connectivity index (χ4n) is 2.77. The average Bonchev–Trinajstić information content (AvgIpc) is 2.39. The van der Waals surface area contributed by atoms with E-state index in [1.165, 1.54) is 6.07 Å². The van der Waals surface area contributed by atoms with Gasteiger partial charge in [0.05, 0.1) is 0 Å². The second kappa shape index (κ2) is 8.44. The monoisotopic (exact) mass is 310 g/mol. The number of benzene rings is 1. The highest BCUT2D eigenvalue weighted by Crippen LogP contribution is 2.19. The molecule has 0 atom stereocenters. The van der Waals surface area contributed by atoms with Crippen molar-refractivity contribution in [3.8, 4) is 0 Å². The van der Waals surface area contributed by atoms with Crippen LogP contribution in [0.4, 0.5) is 4.39 Å². The second-order valence-electron chi connectivity index (χ2n) is 5.96. The van der Waals surface area contributed by atoms with Gasteiger partial charge in [-0.1, -0.05) is 39.9 Å². The molecule has 0 aromatic heterocycles. The van der Waals surface area contributed by atoms with Gasteiger partial charge in [0, 0.05) is 24.7 Å². The first-order valence-electron chi connectivity index (χ1n) is 7.71. The summed E-state index contributed by atoms with van der Waals surface area (Å²) in [6, 6.07) is 5.16. The fourth-order valence-corrected chi connectivity index (χ4v) is 2.97. The van der Waals surface area contributed by atoms with Gasteiger partial charge in [-0.3, -0.25) is 4.90 Å². The van der Waals surface area contributed by atoms with Crippen molar-refractivity contribution in [3.63, 3.8) is 0 Å². The first-order valence-corrected chi connectivity index (χ1v) is 8.12. The molecule has 2 nitrogen and oxygen atoms in total. The van der Waals surface area contributed by atoms with Crippen LogP contribution in [0.3, 0.4) is 0 Å². The van der Waals surface area contributed by atoms with Gasteiger partial charge in [-0.15, -0.1) is 0 Å². The van der Waals surface area contributed by atoms with Crippen LogP contribution in [0, 0.1) is 11.7 Å². The first kappa shape index (κ1) is 18.1. The van der Waals surface area contributed by atoms with Crippen LogP contribution in [-0.4, -0.2) is 22.5 Å². The molecule has 0 unspecified atom stereocenters. The Hall–Kier alpha value is -1.00. The lowest BCUT2D eigenvalue weighted by molar-refractivity contribution is 0.157. The highest BCUT2D eigenvalue weighted by Gasteiger charge is 2.19. The van der Waals surface area contributed by atoms with Gasteiger partial charge in [0.2, 0.25) is 0 Å². The second-order valence-corrected chi connectivity index (χ2v) is 6.40. The molecule has 4 heteroatoms. The summed E-state index contributed by atoms with van der Waals surface area (Å²) in [6.07, 6.45) is 2.17. The maximum atomic E-state index is 13.6. The zero-order chi connectivity index (χ0) is 16.0. The van der Waals surface area contributed by atoms with Crippen LogP contribution < -0.4 is 5.73 Å². The molecule has 0 amide bonds. The third-order valence-corrected chi connectivity index (χ3v) is 3.98. The van der Waals surface area contributed by atoms with Crippen LogP contribution >= 0.6 is 12.2 Å². The normalized spacial score (nSPS) is 11.6. The van der Waals surface area contributed by atoms with Gasteiger partial charge in [0.1, 0.15) is 10.8 Å². The first-order chi connectivity index (χ1) is 9.88. The summed E-state index contributed by atoms with van der Waals surface area (Å²) in [5, 5.41) is 0. The molecule has 21 heavy (non-hydrogen) atoms. The van der Waals surface area contributed by atoms with E-state index in [1.807, 2.05) is 0 Å². The predicted molar refractivity (Wildman–Crippen MR) is 91.9 cm³/mol.